The number of urea groups is 1. The number of anilines is 2. The molecule has 0 saturated carbocycles. The Labute approximate surface area is 164 Å². The van der Waals surface area contributed by atoms with E-state index in [-0.39, 0.29) is 36.0 Å². The molecule has 10 heteroatoms. The highest BCUT2D eigenvalue weighted by atomic mass is 19.1. The van der Waals surface area contributed by atoms with Crippen molar-refractivity contribution in [3.8, 4) is 11.1 Å². The molecule has 1 atom stereocenters. The number of amides is 3. The molecular formula is C19H18F2N4O4. The molecule has 29 heavy (non-hydrogen) atoms. The van der Waals surface area contributed by atoms with E-state index in [2.05, 4.69) is 4.98 Å². The van der Waals surface area contributed by atoms with Crippen LogP contribution in [-0.4, -0.2) is 66.5 Å². The van der Waals surface area contributed by atoms with Crippen LogP contribution in [0.25, 0.3) is 11.1 Å². The van der Waals surface area contributed by atoms with Gasteiger partial charge in [-0.3, -0.25) is 9.80 Å². The highest BCUT2D eigenvalue weighted by Crippen LogP contribution is 2.32. The van der Waals surface area contributed by atoms with Crippen molar-refractivity contribution in [2.75, 3.05) is 43.1 Å². The van der Waals surface area contributed by atoms with Crippen LogP contribution >= 0.6 is 0 Å². The van der Waals surface area contributed by atoms with Crippen LogP contribution in [0, 0.1) is 11.6 Å². The topological polar surface area (TPSA) is 86.2 Å². The van der Waals surface area contributed by atoms with E-state index in [0.29, 0.717) is 18.9 Å². The number of cyclic esters (lactones) is 1. The Morgan fingerprint density at radius 1 is 1.17 bits per heavy atom. The molecule has 0 bridgehead atoms. The molecule has 0 aliphatic carbocycles. The molecule has 1 aromatic heterocycles. The van der Waals surface area contributed by atoms with Crippen LogP contribution in [0.15, 0.2) is 30.5 Å². The van der Waals surface area contributed by atoms with Crippen molar-refractivity contribution in [1.82, 2.24) is 9.88 Å². The van der Waals surface area contributed by atoms with Crippen molar-refractivity contribution in [3.63, 3.8) is 0 Å². The third kappa shape index (κ3) is 3.35. The normalized spacial score (nSPS) is 19.3. The van der Waals surface area contributed by atoms with Crippen molar-refractivity contribution in [3.05, 3.63) is 42.1 Å². The lowest BCUT2D eigenvalue weighted by atomic mass is 10.1. The molecule has 0 spiro atoms. The van der Waals surface area contributed by atoms with Gasteiger partial charge in [0.2, 0.25) is 0 Å². The van der Waals surface area contributed by atoms with E-state index in [1.54, 1.807) is 11.9 Å². The van der Waals surface area contributed by atoms with Gasteiger partial charge >= 0.3 is 12.1 Å². The number of rotatable bonds is 4. The van der Waals surface area contributed by atoms with Gasteiger partial charge in [-0.15, -0.1) is 0 Å². The Balaban J connectivity index is 1.61. The van der Waals surface area contributed by atoms with E-state index in [1.165, 1.54) is 23.2 Å². The quantitative estimate of drug-likeness (QED) is 0.845. The van der Waals surface area contributed by atoms with Crippen LogP contribution < -0.4 is 9.80 Å². The number of nitrogens with zero attached hydrogens (tertiary/aromatic N) is 4. The van der Waals surface area contributed by atoms with Gasteiger partial charge in [0.05, 0.1) is 24.4 Å². The zero-order valence-electron chi connectivity index (χ0n) is 15.5. The van der Waals surface area contributed by atoms with Gasteiger partial charge in [-0.1, -0.05) is 0 Å². The molecule has 1 unspecified atom stereocenters. The van der Waals surface area contributed by atoms with Gasteiger partial charge in [-0.05, 0) is 24.3 Å². The second-order valence-electron chi connectivity index (χ2n) is 6.84. The van der Waals surface area contributed by atoms with Gasteiger partial charge in [0.25, 0.3) is 0 Å². The fraction of sp³-hybridized carbons (Fsp3) is 0.316. The summed E-state index contributed by atoms with van der Waals surface area (Å²) in [6, 6.07) is 4.90. The predicted octanol–water partition coefficient (Wildman–Crippen LogP) is 2.22. The van der Waals surface area contributed by atoms with Gasteiger partial charge in [-0.2, -0.15) is 0 Å². The number of hydrogen-bond donors (Lipinski definition) is 1. The lowest BCUT2D eigenvalue weighted by molar-refractivity contribution is 0.0963. The van der Waals surface area contributed by atoms with Crippen LogP contribution in [0.5, 0.6) is 0 Å². The molecule has 1 aromatic carbocycles. The van der Waals surface area contributed by atoms with Crippen molar-refractivity contribution in [2.24, 2.45) is 0 Å². The summed E-state index contributed by atoms with van der Waals surface area (Å²) >= 11 is 0. The molecular weight excluding hydrogens is 386 g/mol. The minimum atomic E-state index is -0.869. The van der Waals surface area contributed by atoms with Crippen LogP contribution in [0.2, 0.25) is 0 Å². The number of aliphatic hydroxyl groups excluding tert-OH is 1. The van der Waals surface area contributed by atoms with E-state index in [0.717, 1.165) is 17.0 Å². The SMILES string of the molecule is CN1CCN(c2ccc(-c3c(F)cc(N4CC(CO)OC4=O)cc3F)cn2)C1=O. The van der Waals surface area contributed by atoms with Crippen LogP contribution in [0.1, 0.15) is 0 Å². The summed E-state index contributed by atoms with van der Waals surface area (Å²) in [5.41, 5.74) is -0.0866. The van der Waals surface area contributed by atoms with Crippen molar-refractivity contribution in [2.45, 2.75) is 6.10 Å². The number of benzene rings is 1. The van der Waals surface area contributed by atoms with E-state index < -0.39 is 23.8 Å². The summed E-state index contributed by atoms with van der Waals surface area (Å²) in [7, 11) is 1.68. The molecule has 2 aliphatic rings. The zero-order chi connectivity index (χ0) is 20.7. The minimum Gasteiger partial charge on any atom is -0.441 e. The highest BCUT2D eigenvalue weighted by molar-refractivity contribution is 5.93. The van der Waals surface area contributed by atoms with Gasteiger partial charge < -0.3 is 14.7 Å². The largest absolute Gasteiger partial charge is 0.441 e. The number of aromatic nitrogens is 1. The monoisotopic (exact) mass is 404 g/mol. The number of hydrogen-bond acceptors (Lipinski definition) is 5. The molecule has 152 valence electrons. The summed E-state index contributed by atoms with van der Waals surface area (Å²) in [6.07, 6.45) is -0.215. The van der Waals surface area contributed by atoms with E-state index in [4.69, 9.17) is 9.84 Å². The first-order valence-corrected chi connectivity index (χ1v) is 8.96. The number of carbonyl (C=O) groups is 2. The van der Waals surface area contributed by atoms with Crippen LogP contribution in [0.4, 0.5) is 29.9 Å². The summed E-state index contributed by atoms with van der Waals surface area (Å²) in [5, 5.41) is 9.10. The van der Waals surface area contributed by atoms with E-state index >= 15 is 0 Å². The summed E-state index contributed by atoms with van der Waals surface area (Å²) < 4.78 is 34.3. The fourth-order valence-corrected chi connectivity index (χ4v) is 3.37. The molecule has 2 aliphatic heterocycles. The van der Waals surface area contributed by atoms with Gasteiger partial charge in [-0.25, -0.2) is 23.4 Å². The molecule has 3 amide bonds. The maximum Gasteiger partial charge on any atom is 0.414 e. The average Bonchev–Trinajstić information content (AvgIpc) is 3.24. The zero-order valence-corrected chi connectivity index (χ0v) is 15.5. The maximum atomic E-state index is 14.7. The minimum absolute atomic E-state index is 0.0000186. The average molecular weight is 404 g/mol. The maximum absolute atomic E-state index is 14.7. The molecule has 0 radical (unpaired) electrons. The van der Waals surface area contributed by atoms with Gasteiger partial charge in [0.15, 0.2) is 0 Å². The summed E-state index contributed by atoms with van der Waals surface area (Å²) in [4.78, 5) is 32.1. The Bertz CT molecular complexity index is 946. The third-order valence-corrected chi connectivity index (χ3v) is 4.95. The molecule has 2 saturated heterocycles. The van der Waals surface area contributed by atoms with Crippen molar-refractivity contribution < 1.29 is 28.2 Å². The van der Waals surface area contributed by atoms with Gasteiger partial charge in [0, 0.05) is 31.9 Å². The molecule has 4 rings (SSSR count). The second-order valence-corrected chi connectivity index (χ2v) is 6.84. The number of aliphatic hydroxyl groups is 1. The highest BCUT2D eigenvalue weighted by Gasteiger charge is 2.33. The standard InChI is InChI=1S/C19H18F2N4O4/c1-23-4-5-24(18(23)27)16-3-2-11(8-22-16)17-14(20)6-12(7-15(17)21)25-9-13(10-26)29-19(25)28/h2-3,6-8,13,26H,4-5,9-10H2,1H3. The Morgan fingerprint density at radius 2 is 1.90 bits per heavy atom. The lowest BCUT2D eigenvalue weighted by Gasteiger charge is -2.16. The van der Waals surface area contributed by atoms with Crippen molar-refractivity contribution >= 4 is 23.6 Å². The molecule has 8 nitrogen and oxygen atoms in total. The van der Waals surface area contributed by atoms with Crippen molar-refractivity contribution in [1.29, 1.82) is 0 Å². The van der Waals surface area contributed by atoms with Crippen LogP contribution in [-0.2, 0) is 4.74 Å². The van der Waals surface area contributed by atoms with Crippen LogP contribution in [0.3, 0.4) is 0 Å². The van der Waals surface area contributed by atoms with Gasteiger partial charge in [0.1, 0.15) is 23.6 Å². The third-order valence-electron chi connectivity index (χ3n) is 4.95. The Morgan fingerprint density at radius 3 is 2.41 bits per heavy atom. The number of likely N-dealkylation sites (N-methyl/N-ethyl adjacent to an activating group) is 1. The molecule has 2 aromatic rings. The number of ether oxygens (including phenoxy) is 1. The Hall–Kier alpha value is -3.27. The summed E-state index contributed by atoms with van der Waals surface area (Å²) in [6.45, 7) is 0.684. The summed E-state index contributed by atoms with van der Waals surface area (Å²) in [5.74, 6) is -1.34. The number of carbonyl (C=O) groups excluding carboxylic acids is 2. The fourth-order valence-electron chi connectivity index (χ4n) is 3.37. The number of pyridine rings is 1. The van der Waals surface area contributed by atoms with E-state index in [1.807, 2.05) is 0 Å². The first-order chi connectivity index (χ1) is 13.9. The second kappa shape index (κ2) is 7.28. The first-order valence-electron chi connectivity index (χ1n) is 8.96. The lowest BCUT2D eigenvalue weighted by Crippen LogP contribution is -2.29. The molecule has 2 fully saturated rings. The first kappa shape index (κ1) is 19.1. The predicted molar refractivity (Wildman–Crippen MR) is 99.7 cm³/mol. The molecule has 3 heterocycles. The molecule has 1 N–H and O–H groups in total. The smallest absolute Gasteiger partial charge is 0.414 e. The van der Waals surface area contributed by atoms with E-state index in [9.17, 15) is 18.4 Å². The number of halogens is 2. The Kier molecular flexibility index (Phi) is 4.79.